The van der Waals surface area contributed by atoms with Crippen LogP contribution in [0.4, 0.5) is 0 Å². The Balaban J connectivity index is 1.57. The molecule has 0 radical (unpaired) electrons. The Kier molecular flexibility index (Phi) is 6.54. The van der Waals surface area contributed by atoms with Gasteiger partial charge in [-0.2, -0.15) is 0 Å². The molecule has 0 amide bonds. The Hall–Kier alpha value is -2.94. The molecule has 0 unspecified atom stereocenters. The van der Waals surface area contributed by atoms with Crippen LogP contribution in [0.2, 0.25) is 0 Å². The van der Waals surface area contributed by atoms with Gasteiger partial charge in [-0.1, -0.05) is 66.7 Å². The SMILES string of the molecule is COc1c(OCCc2ccccc2)cccc1OCCc1ccccc1. The Morgan fingerprint density at radius 3 is 1.46 bits per heavy atom. The molecular weight excluding hydrogens is 324 g/mol. The third kappa shape index (κ3) is 5.03. The predicted molar refractivity (Wildman–Crippen MR) is 104 cm³/mol. The van der Waals surface area contributed by atoms with Crippen molar-refractivity contribution < 1.29 is 14.2 Å². The molecule has 0 N–H and O–H groups in total. The van der Waals surface area contributed by atoms with E-state index >= 15 is 0 Å². The average Bonchev–Trinajstić information content (AvgIpc) is 2.70. The minimum Gasteiger partial charge on any atom is -0.490 e. The summed E-state index contributed by atoms with van der Waals surface area (Å²) in [5.41, 5.74) is 2.50. The molecule has 3 aromatic carbocycles. The molecule has 134 valence electrons. The van der Waals surface area contributed by atoms with Gasteiger partial charge in [0.05, 0.1) is 20.3 Å². The normalized spacial score (nSPS) is 10.3. The summed E-state index contributed by atoms with van der Waals surface area (Å²) in [6.45, 7) is 1.18. The van der Waals surface area contributed by atoms with E-state index in [1.807, 2.05) is 54.6 Å². The molecule has 3 rings (SSSR count). The van der Waals surface area contributed by atoms with Crippen molar-refractivity contribution in [3.63, 3.8) is 0 Å². The highest BCUT2D eigenvalue weighted by Gasteiger charge is 2.11. The zero-order chi connectivity index (χ0) is 18.0. The van der Waals surface area contributed by atoms with Crippen LogP contribution in [0.5, 0.6) is 17.2 Å². The Morgan fingerprint density at radius 1 is 0.577 bits per heavy atom. The predicted octanol–water partition coefficient (Wildman–Crippen LogP) is 4.94. The second-order valence-corrected chi connectivity index (χ2v) is 5.96. The van der Waals surface area contributed by atoms with Crippen LogP contribution >= 0.6 is 0 Å². The van der Waals surface area contributed by atoms with Gasteiger partial charge in [-0.25, -0.2) is 0 Å². The molecule has 0 fully saturated rings. The van der Waals surface area contributed by atoms with E-state index in [-0.39, 0.29) is 0 Å². The summed E-state index contributed by atoms with van der Waals surface area (Å²) in [5, 5.41) is 0. The molecule has 0 aromatic heterocycles. The van der Waals surface area contributed by atoms with Crippen molar-refractivity contribution in [1.82, 2.24) is 0 Å². The number of hydrogen-bond donors (Lipinski definition) is 0. The quantitative estimate of drug-likeness (QED) is 0.548. The highest BCUT2D eigenvalue weighted by atomic mass is 16.5. The summed E-state index contributed by atoms with van der Waals surface area (Å²) < 4.78 is 17.4. The van der Waals surface area contributed by atoms with Crippen molar-refractivity contribution >= 4 is 0 Å². The smallest absolute Gasteiger partial charge is 0.203 e. The Labute approximate surface area is 155 Å². The third-order valence-electron chi connectivity index (χ3n) is 4.13. The van der Waals surface area contributed by atoms with Gasteiger partial charge < -0.3 is 14.2 Å². The topological polar surface area (TPSA) is 27.7 Å². The van der Waals surface area contributed by atoms with Crippen LogP contribution < -0.4 is 14.2 Å². The van der Waals surface area contributed by atoms with E-state index < -0.39 is 0 Å². The van der Waals surface area contributed by atoms with Crippen molar-refractivity contribution in [2.45, 2.75) is 12.8 Å². The number of benzene rings is 3. The van der Waals surface area contributed by atoms with E-state index in [9.17, 15) is 0 Å². The number of methoxy groups -OCH3 is 1. The Bertz CT molecular complexity index is 721. The first kappa shape index (κ1) is 17.9. The van der Waals surface area contributed by atoms with Crippen LogP contribution in [0.3, 0.4) is 0 Å². The average molecular weight is 348 g/mol. The highest BCUT2D eigenvalue weighted by molar-refractivity contribution is 5.51. The van der Waals surface area contributed by atoms with Gasteiger partial charge in [-0.15, -0.1) is 0 Å². The molecule has 0 spiro atoms. The number of ether oxygens (including phenoxy) is 3. The standard InChI is InChI=1S/C23H24O3/c1-24-23-21(25-17-15-19-9-4-2-5-10-19)13-8-14-22(23)26-18-16-20-11-6-3-7-12-20/h2-14H,15-18H2,1H3. The van der Waals surface area contributed by atoms with Gasteiger partial charge in [0.1, 0.15) is 0 Å². The molecule has 0 bridgehead atoms. The molecule has 0 aliphatic carbocycles. The second-order valence-electron chi connectivity index (χ2n) is 5.96. The fourth-order valence-electron chi connectivity index (χ4n) is 2.77. The summed E-state index contributed by atoms with van der Waals surface area (Å²) in [6.07, 6.45) is 1.70. The lowest BCUT2D eigenvalue weighted by molar-refractivity contribution is 0.270. The minimum absolute atomic E-state index is 0.591. The zero-order valence-electron chi connectivity index (χ0n) is 15.1. The number of hydrogen-bond acceptors (Lipinski definition) is 3. The maximum atomic E-state index is 5.93. The molecule has 0 aliphatic rings. The fourth-order valence-corrected chi connectivity index (χ4v) is 2.77. The van der Waals surface area contributed by atoms with E-state index in [0.29, 0.717) is 30.5 Å². The molecule has 3 aromatic rings. The first-order chi connectivity index (χ1) is 12.9. The van der Waals surface area contributed by atoms with Crippen LogP contribution in [-0.4, -0.2) is 20.3 Å². The maximum absolute atomic E-state index is 5.93. The van der Waals surface area contributed by atoms with Crippen molar-refractivity contribution in [3.8, 4) is 17.2 Å². The fraction of sp³-hybridized carbons (Fsp3) is 0.217. The van der Waals surface area contributed by atoms with Crippen LogP contribution in [0.1, 0.15) is 11.1 Å². The van der Waals surface area contributed by atoms with E-state index in [1.54, 1.807) is 7.11 Å². The molecule has 26 heavy (non-hydrogen) atoms. The van der Waals surface area contributed by atoms with Crippen molar-refractivity contribution in [2.75, 3.05) is 20.3 Å². The van der Waals surface area contributed by atoms with Gasteiger partial charge in [-0.3, -0.25) is 0 Å². The van der Waals surface area contributed by atoms with Gasteiger partial charge in [0, 0.05) is 12.8 Å². The molecule has 0 saturated carbocycles. The second kappa shape index (κ2) is 9.52. The molecule has 0 heterocycles. The summed E-state index contributed by atoms with van der Waals surface area (Å²) in [5.74, 6) is 2.06. The van der Waals surface area contributed by atoms with E-state index in [0.717, 1.165) is 12.8 Å². The molecule has 3 nitrogen and oxygen atoms in total. The van der Waals surface area contributed by atoms with Gasteiger partial charge in [0.15, 0.2) is 11.5 Å². The number of para-hydroxylation sites is 1. The van der Waals surface area contributed by atoms with Crippen molar-refractivity contribution in [3.05, 3.63) is 90.0 Å². The molecular formula is C23H24O3. The molecule has 0 atom stereocenters. The largest absolute Gasteiger partial charge is 0.490 e. The molecule has 3 heteroatoms. The maximum Gasteiger partial charge on any atom is 0.203 e. The van der Waals surface area contributed by atoms with E-state index in [2.05, 4.69) is 24.3 Å². The lowest BCUT2D eigenvalue weighted by Gasteiger charge is -2.15. The van der Waals surface area contributed by atoms with Gasteiger partial charge in [-0.05, 0) is 23.3 Å². The lowest BCUT2D eigenvalue weighted by atomic mass is 10.2. The third-order valence-corrected chi connectivity index (χ3v) is 4.13. The van der Waals surface area contributed by atoms with Gasteiger partial charge in [0.25, 0.3) is 0 Å². The van der Waals surface area contributed by atoms with Crippen LogP contribution in [0.25, 0.3) is 0 Å². The van der Waals surface area contributed by atoms with Gasteiger partial charge in [0.2, 0.25) is 5.75 Å². The Morgan fingerprint density at radius 2 is 1.04 bits per heavy atom. The van der Waals surface area contributed by atoms with E-state index in [4.69, 9.17) is 14.2 Å². The van der Waals surface area contributed by atoms with E-state index in [1.165, 1.54) is 11.1 Å². The minimum atomic E-state index is 0.591. The number of rotatable bonds is 9. The molecule has 0 saturated heterocycles. The van der Waals surface area contributed by atoms with Crippen molar-refractivity contribution in [1.29, 1.82) is 0 Å². The zero-order valence-corrected chi connectivity index (χ0v) is 15.1. The summed E-state index contributed by atoms with van der Waals surface area (Å²) in [6, 6.07) is 26.3. The summed E-state index contributed by atoms with van der Waals surface area (Å²) >= 11 is 0. The van der Waals surface area contributed by atoms with Crippen LogP contribution in [0, 0.1) is 0 Å². The van der Waals surface area contributed by atoms with Crippen molar-refractivity contribution in [2.24, 2.45) is 0 Å². The highest BCUT2D eigenvalue weighted by Crippen LogP contribution is 2.37. The monoisotopic (exact) mass is 348 g/mol. The first-order valence-corrected chi connectivity index (χ1v) is 8.87. The van der Waals surface area contributed by atoms with Crippen LogP contribution in [-0.2, 0) is 12.8 Å². The lowest BCUT2D eigenvalue weighted by Crippen LogP contribution is -2.05. The summed E-state index contributed by atoms with van der Waals surface area (Å²) in [7, 11) is 1.64. The summed E-state index contributed by atoms with van der Waals surface area (Å²) in [4.78, 5) is 0. The van der Waals surface area contributed by atoms with Crippen LogP contribution in [0.15, 0.2) is 78.9 Å². The molecule has 0 aliphatic heterocycles. The first-order valence-electron chi connectivity index (χ1n) is 8.87. The van der Waals surface area contributed by atoms with Gasteiger partial charge >= 0.3 is 0 Å².